The molecule has 0 heterocycles. The van der Waals surface area contributed by atoms with Crippen molar-refractivity contribution in [2.45, 2.75) is 32.0 Å². The number of benzene rings is 1. The van der Waals surface area contributed by atoms with Crippen molar-refractivity contribution in [1.29, 1.82) is 0 Å². The molecule has 0 spiro atoms. The summed E-state index contributed by atoms with van der Waals surface area (Å²) < 4.78 is 12.1. The van der Waals surface area contributed by atoms with Gasteiger partial charge in [-0.2, -0.15) is 0 Å². The van der Waals surface area contributed by atoms with Crippen LogP contribution < -0.4 is 0 Å². The molecule has 15 heavy (non-hydrogen) atoms. The van der Waals surface area contributed by atoms with Gasteiger partial charge in [-0.15, -0.1) is 0 Å². The minimum absolute atomic E-state index is 0.119. The molecule has 1 nitrogen and oxygen atoms in total. The second kappa shape index (κ2) is 6.01. The van der Waals surface area contributed by atoms with Crippen molar-refractivity contribution in [2.24, 2.45) is 0 Å². The van der Waals surface area contributed by atoms with Crippen LogP contribution in [0.2, 0.25) is 0 Å². The number of hydrogen-bond donors (Lipinski definition) is 0. The summed E-state index contributed by atoms with van der Waals surface area (Å²) in [5.74, 6) is -0.505. The zero-order chi connectivity index (χ0) is 12.1. The van der Waals surface area contributed by atoms with Crippen LogP contribution in [0, 0.1) is 5.82 Å². The van der Waals surface area contributed by atoms with Crippen LogP contribution in [-0.2, 0) is 0 Å². The third-order valence-electron chi connectivity index (χ3n) is 1.63. The fraction of sp³-hybridized carbons (Fsp3) is 0.417. The highest BCUT2D eigenvalue weighted by Gasteiger charge is 2.24. The molecule has 0 aliphatic carbocycles. The predicted molar refractivity (Wildman–Crippen MR) is 65.1 cm³/mol. The summed E-state index contributed by atoms with van der Waals surface area (Å²) in [5, 5.41) is 0. The zero-order valence-corrected chi connectivity index (χ0v) is 11.1. The molecule has 0 radical (unpaired) electrons. The minimum Gasteiger partial charge on any atom is -0.293 e. The molecule has 0 N–H and O–H groups in total. The molecule has 0 saturated carbocycles. The van der Waals surface area contributed by atoms with Crippen molar-refractivity contribution in [3.63, 3.8) is 0 Å². The summed E-state index contributed by atoms with van der Waals surface area (Å²) in [6.07, 6.45) is 0. The molecular formula is C12H16BrFO. The highest BCUT2D eigenvalue weighted by molar-refractivity contribution is 9.10. The number of carbonyl (C=O) groups is 1. The van der Waals surface area contributed by atoms with Crippen LogP contribution in [0.3, 0.4) is 0 Å². The number of rotatable bonds is 2. The second-order valence-electron chi connectivity index (χ2n) is 3.31. The first-order valence-corrected chi connectivity index (χ1v) is 5.70. The van der Waals surface area contributed by atoms with Crippen molar-refractivity contribution in [3.8, 4) is 0 Å². The van der Waals surface area contributed by atoms with Crippen molar-refractivity contribution in [3.05, 3.63) is 35.6 Å². The molecule has 0 atom stereocenters. The fourth-order valence-corrected chi connectivity index (χ4v) is 1.20. The lowest BCUT2D eigenvalue weighted by Gasteiger charge is -2.14. The van der Waals surface area contributed by atoms with E-state index in [1.807, 2.05) is 13.8 Å². The van der Waals surface area contributed by atoms with Gasteiger partial charge in [-0.3, -0.25) is 4.79 Å². The van der Waals surface area contributed by atoms with E-state index < -0.39 is 4.32 Å². The van der Waals surface area contributed by atoms with E-state index in [4.69, 9.17) is 0 Å². The molecule has 0 bridgehead atoms. The van der Waals surface area contributed by atoms with E-state index in [1.165, 1.54) is 18.2 Å². The van der Waals surface area contributed by atoms with E-state index in [0.29, 0.717) is 5.56 Å². The summed E-state index contributed by atoms with van der Waals surface area (Å²) in [6, 6.07) is 5.69. The molecule has 0 aliphatic rings. The van der Waals surface area contributed by atoms with E-state index in [0.717, 1.165) is 0 Å². The topological polar surface area (TPSA) is 17.1 Å². The number of ketones is 1. The lowest BCUT2D eigenvalue weighted by molar-refractivity contribution is 0.0960. The molecule has 3 heteroatoms. The second-order valence-corrected chi connectivity index (χ2v) is 5.29. The van der Waals surface area contributed by atoms with E-state index in [2.05, 4.69) is 15.9 Å². The summed E-state index contributed by atoms with van der Waals surface area (Å²) in [6.45, 7) is 7.47. The maximum Gasteiger partial charge on any atom is 0.179 e. The van der Waals surface area contributed by atoms with Crippen LogP contribution in [0.15, 0.2) is 24.3 Å². The minimum atomic E-state index is -0.638. The quantitative estimate of drug-likeness (QED) is 0.583. The molecule has 0 fully saturated rings. The third-order valence-corrected chi connectivity index (χ3v) is 1.99. The van der Waals surface area contributed by atoms with E-state index in [9.17, 15) is 9.18 Å². The summed E-state index contributed by atoms with van der Waals surface area (Å²) in [7, 11) is 0. The highest BCUT2D eigenvalue weighted by atomic mass is 79.9. The molecule has 0 unspecified atom stereocenters. The smallest absolute Gasteiger partial charge is 0.179 e. The van der Waals surface area contributed by atoms with Crippen LogP contribution in [0.5, 0.6) is 0 Å². The van der Waals surface area contributed by atoms with Crippen LogP contribution in [-0.4, -0.2) is 10.1 Å². The molecule has 1 rings (SSSR count). The lowest BCUT2D eigenvalue weighted by atomic mass is 10.0. The van der Waals surface area contributed by atoms with Gasteiger partial charge in [-0.25, -0.2) is 4.39 Å². The number of halogens is 2. The fourth-order valence-electron chi connectivity index (χ4n) is 0.973. The molecule has 1 aromatic carbocycles. The first-order valence-electron chi connectivity index (χ1n) is 4.90. The Morgan fingerprint density at radius 2 is 1.87 bits per heavy atom. The first kappa shape index (κ1) is 14.3. The van der Waals surface area contributed by atoms with Gasteiger partial charge in [0.1, 0.15) is 5.82 Å². The van der Waals surface area contributed by atoms with Gasteiger partial charge in [0, 0.05) is 5.56 Å². The molecule has 0 saturated heterocycles. The number of carbonyl (C=O) groups excluding carboxylic acids is 1. The van der Waals surface area contributed by atoms with Crippen LogP contribution in [0.1, 0.15) is 38.1 Å². The monoisotopic (exact) mass is 274 g/mol. The Kier molecular flexibility index (Phi) is 5.73. The third kappa shape index (κ3) is 4.56. The van der Waals surface area contributed by atoms with Crippen molar-refractivity contribution in [1.82, 2.24) is 0 Å². The average Bonchev–Trinajstić information content (AvgIpc) is 2.18. The Balaban J connectivity index is 0.000000921. The van der Waals surface area contributed by atoms with Gasteiger partial charge >= 0.3 is 0 Å². The molecule has 0 aromatic heterocycles. The van der Waals surface area contributed by atoms with Gasteiger partial charge in [0.2, 0.25) is 0 Å². The van der Waals surface area contributed by atoms with E-state index in [1.54, 1.807) is 19.9 Å². The van der Waals surface area contributed by atoms with Crippen molar-refractivity contribution < 1.29 is 9.18 Å². The Labute approximate surface area is 98.8 Å². The Morgan fingerprint density at radius 1 is 1.33 bits per heavy atom. The maximum absolute atomic E-state index is 12.7. The van der Waals surface area contributed by atoms with Gasteiger partial charge < -0.3 is 0 Å². The summed E-state index contributed by atoms with van der Waals surface area (Å²) in [5.41, 5.74) is 0.391. The van der Waals surface area contributed by atoms with Gasteiger partial charge in [-0.05, 0) is 26.0 Å². The molecule has 84 valence electrons. The maximum atomic E-state index is 12.7. The number of hydrogen-bond acceptors (Lipinski definition) is 1. The zero-order valence-electron chi connectivity index (χ0n) is 9.47. The van der Waals surface area contributed by atoms with Crippen LogP contribution in [0.4, 0.5) is 4.39 Å². The molecule has 0 aliphatic heterocycles. The van der Waals surface area contributed by atoms with E-state index in [-0.39, 0.29) is 11.6 Å². The van der Waals surface area contributed by atoms with Gasteiger partial charge in [0.05, 0.1) is 4.32 Å². The molecular weight excluding hydrogens is 259 g/mol. The van der Waals surface area contributed by atoms with Crippen molar-refractivity contribution >= 4 is 21.7 Å². The Hall–Kier alpha value is -0.700. The normalized spacial score (nSPS) is 10.3. The largest absolute Gasteiger partial charge is 0.293 e. The SMILES string of the molecule is CC.CC(C)(Br)C(=O)c1cccc(F)c1. The Bertz CT molecular complexity index is 329. The van der Waals surface area contributed by atoms with Gasteiger partial charge in [-0.1, -0.05) is 41.9 Å². The van der Waals surface area contributed by atoms with Crippen molar-refractivity contribution in [2.75, 3.05) is 0 Å². The highest BCUT2D eigenvalue weighted by Crippen LogP contribution is 2.22. The summed E-state index contributed by atoms with van der Waals surface area (Å²) >= 11 is 3.23. The molecule has 0 amide bonds. The predicted octanol–water partition coefficient (Wildman–Crippen LogP) is 4.21. The Morgan fingerprint density at radius 3 is 2.27 bits per heavy atom. The first-order chi connectivity index (χ1) is 6.91. The van der Waals surface area contributed by atoms with Gasteiger partial charge in [0.15, 0.2) is 5.78 Å². The number of Topliss-reactive ketones (excluding diaryl/α,β-unsaturated/α-hetero) is 1. The summed E-state index contributed by atoms with van der Waals surface area (Å²) in [4.78, 5) is 11.6. The van der Waals surface area contributed by atoms with Gasteiger partial charge in [0.25, 0.3) is 0 Å². The van der Waals surface area contributed by atoms with E-state index >= 15 is 0 Å². The number of alkyl halides is 1. The standard InChI is InChI=1S/C10H10BrFO.C2H6/c1-10(2,11)9(13)7-4-3-5-8(12)6-7;1-2/h3-6H,1-2H3;1-2H3. The van der Waals surface area contributed by atoms with Crippen LogP contribution >= 0.6 is 15.9 Å². The van der Waals surface area contributed by atoms with Crippen LogP contribution in [0.25, 0.3) is 0 Å². The lowest BCUT2D eigenvalue weighted by Crippen LogP contribution is -2.23. The molecule has 1 aromatic rings. The average molecular weight is 275 g/mol.